The highest BCUT2D eigenvalue weighted by atomic mass is 79.9. The third-order valence-electron chi connectivity index (χ3n) is 1.28. The Bertz CT molecular complexity index is 394. The molecule has 15 heavy (non-hydrogen) atoms. The summed E-state index contributed by atoms with van der Waals surface area (Å²) in [6.07, 6.45) is -3.96. The van der Waals surface area contributed by atoms with Gasteiger partial charge in [0.2, 0.25) is 0 Å². The van der Waals surface area contributed by atoms with Gasteiger partial charge in [0.25, 0.3) is 0 Å². The summed E-state index contributed by atoms with van der Waals surface area (Å²) in [4.78, 5) is 13.9. The fourth-order valence-corrected chi connectivity index (χ4v) is 1.26. The van der Waals surface area contributed by atoms with Crippen LogP contribution >= 0.6 is 15.9 Å². The predicted octanol–water partition coefficient (Wildman–Crippen LogP) is 2.44. The Morgan fingerprint density at radius 2 is 2.13 bits per heavy atom. The van der Waals surface area contributed by atoms with Crippen LogP contribution in [0.5, 0.6) is 5.75 Å². The minimum atomic E-state index is -4.88. The first-order valence-corrected chi connectivity index (χ1v) is 4.24. The number of rotatable bonds is 2. The number of ether oxygens (including phenoxy) is 1. The maximum absolute atomic E-state index is 11.8. The molecule has 0 unspecified atom stereocenters. The fraction of sp³-hybridized carbons (Fsp3) is 0.143. The molecule has 0 bridgehead atoms. The first-order valence-electron chi connectivity index (χ1n) is 3.45. The van der Waals surface area contributed by atoms with Crippen molar-refractivity contribution < 1.29 is 27.8 Å². The number of hydrogen-bond donors (Lipinski definition) is 1. The molecule has 1 aromatic heterocycles. The molecule has 8 heteroatoms. The van der Waals surface area contributed by atoms with Gasteiger partial charge >= 0.3 is 12.3 Å². The van der Waals surface area contributed by atoms with Gasteiger partial charge in [0.05, 0.1) is 4.47 Å². The summed E-state index contributed by atoms with van der Waals surface area (Å²) >= 11 is 2.67. The summed E-state index contributed by atoms with van der Waals surface area (Å²) < 4.78 is 38.8. The van der Waals surface area contributed by atoms with Crippen molar-refractivity contribution in [2.45, 2.75) is 6.36 Å². The second-order valence-electron chi connectivity index (χ2n) is 2.32. The van der Waals surface area contributed by atoms with Crippen molar-refractivity contribution in [2.24, 2.45) is 0 Å². The van der Waals surface area contributed by atoms with Crippen LogP contribution in [0.4, 0.5) is 13.2 Å². The normalized spacial score (nSPS) is 11.2. The maximum Gasteiger partial charge on any atom is 0.573 e. The molecular weight excluding hydrogens is 283 g/mol. The third-order valence-corrected chi connectivity index (χ3v) is 2.05. The summed E-state index contributed by atoms with van der Waals surface area (Å²) in [5.41, 5.74) is -0.545. The van der Waals surface area contributed by atoms with Gasteiger partial charge in [0.15, 0.2) is 5.69 Å². The zero-order valence-electron chi connectivity index (χ0n) is 6.88. The Morgan fingerprint density at radius 1 is 1.53 bits per heavy atom. The summed E-state index contributed by atoms with van der Waals surface area (Å²) in [5.74, 6) is -2.09. The number of carboxylic acid groups (broad SMARTS) is 1. The first kappa shape index (κ1) is 11.8. The van der Waals surface area contributed by atoms with Gasteiger partial charge < -0.3 is 9.84 Å². The second kappa shape index (κ2) is 4.05. The Labute approximate surface area is 89.8 Å². The monoisotopic (exact) mass is 285 g/mol. The van der Waals surface area contributed by atoms with Crippen molar-refractivity contribution in [3.63, 3.8) is 0 Å². The number of aromatic nitrogens is 1. The Morgan fingerprint density at radius 3 is 2.60 bits per heavy atom. The van der Waals surface area contributed by atoms with Gasteiger partial charge in [-0.3, -0.25) is 0 Å². The van der Waals surface area contributed by atoms with E-state index in [0.717, 1.165) is 12.3 Å². The second-order valence-corrected chi connectivity index (χ2v) is 3.12. The number of aromatic carboxylic acids is 1. The smallest absolute Gasteiger partial charge is 0.476 e. The van der Waals surface area contributed by atoms with Crippen LogP contribution in [-0.4, -0.2) is 22.4 Å². The van der Waals surface area contributed by atoms with Crippen molar-refractivity contribution in [3.05, 3.63) is 22.4 Å². The molecule has 1 heterocycles. The topological polar surface area (TPSA) is 59.4 Å². The molecule has 0 spiro atoms. The van der Waals surface area contributed by atoms with E-state index in [4.69, 9.17) is 5.11 Å². The molecule has 0 fully saturated rings. The number of halogens is 4. The molecule has 0 saturated heterocycles. The van der Waals surface area contributed by atoms with Crippen LogP contribution in [0.3, 0.4) is 0 Å². The molecule has 0 aliphatic rings. The van der Waals surface area contributed by atoms with Gasteiger partial charge in [-0.05, 0) is 15.9 Å². The first-order chi connectivity index (χ1) is 6.81. The minimum absolute atomic E-state index is 0.352. The van der Waals surface area contributed by atoms with Crippen LogP contribution in [0.25, 0.3) is 0 Å². The van der Waals surface area contributed by atoms with Gasteiger partial charge in [0.1, 0.15) is 5.75 Å². The van der Waals surface area contributed by atoms with Gasteiger partial charge in [-0.1, -0.05) is 0 Å². The molecule has 0 atom stereocenters. The summed E-state index contributed by atoms with van der Waals surface area (Å²) in [7, 11) is 0. The highest BCUT2D eigenvalue weighted by molar-refractivity contribution is 9.10. The standard InChI is InChI=1S/C7H3BrF3NO3/c8-4-3(15-7(9,10)11)1-2-12-5(4)6(13)14/h1-2H,(H,13,14). The molecule has 0 radical (unpaired) electrons. The van der Waals surface area contributed by atoms with Gasteiger partial charge in [0, 0.05) is 12.3 Å². The lowest BCUT2D eigenvalue weighted by Crippen LogP contribution is -2.18. The molecule has 0 amide bonds. The molecule has 4 nitrogen and oxygen atoms in total. The van der Waals surface area contributed by atoms with Crippen molar-refractivity contribution in [1.82, 2.24) is 4.98 Å². The van der Waals surface area contributed by atoms with Crippen molar-refractivity contribution in [2.75, 3.05) is 0 Å². The highest BCUT2D eigenvalue weighted by Crippen LogP contribution is 2.31. The molecule has 1 aromatic rings. The molecule has 1 rings (SSSR count). The van der Waals surface area contributed by atoms with E-state index in [9.17, 15) is 18.0 Å². The predicted molar refractivity (Wildman–Crippen MR) is 45.6 cm³/mol. The molecule has 1 N–H and O–H groups in total. The van der Waals surface area contributed by atoms with Crippen molar-refractivity contribution in [1.29, 1.82) is 0 Å². The molecule has 82 valence electrons. The number of hydrogen-bond acceptors (Lipinski definition) is 3. The Balaban J connectivity index is 3.10. The average Bonchev–Trinajstić information content (AvgIpc) is 2.05. The van der Waals surface area contributed by atoms with E-state index in [0.29, 0.717) is 0 Å². The van der Waals surface area contributed by atoms with Crippen LogP contribution < -0.4 is 4.74 Å². The van der Waals surface area contributed by atoms with Crippen LogP contribution in [0.1, 0.15) is 10.5 Å². The summed E-state index contributed by atoms with van der Waals surface area (Å²) in [5, 5.41) is 8.56. The van der Waals surface area contributed by atoms with E-state index in [1.807, 2.05) is 0 Å². The lowest BCUT2D eigenvalue weighted by atomic mass is 10.3. The van der Waals surface area contributed by atoms with E-state index in [-0.39, 0.29) is 4.47 Å². The number of nitrogens with zero attached hydrogens (tertiary/aromatic N) is 1. The number of carbonyl (C=O) groups is 1. The number of carboxylic acids is 1. The average molecular weight is 286 g/mol. The zero-order chi connectivity index (χ0) is 11.6. The lowest BCUT2D eigenvalue weighted by molar-refractivity contribution is -0.274. The quantitative estimate of drug-likeness (QED) is 0.907. The third kappa shape index (κ3) is 3.08. The summed E-state index contributed by atoms with van der Waals surface area (Å²) in [6.45, 7) is 0. The lowest BCUT2D eigenvalue weighted by Gasteiger charge is -2.10. The van der Waals surface area contributed by atoms with E-state index in [1.165, 1.54) is 0 Å². The fourth-order valence-electron chi connectivity index (χ4n) is 0.779. The van der Waals surface area contributed by atoms with Crippen molar-refractivity contribution in [3.8, 4) is 5.75 Å². The van der Waals surface area contributed by atoms with Gasteiger partial charge in [-0.2, -0.15) is 0 Å². The number of pyridine rings is 1. The van der Waals surface area contributed by atoms with E-state index >= 15 is 0 Å². The van der Waals surface area contributed by atoms with Crippen LogP contribution in [-0.2, 0) is 0 Å². The molecule has 0 aromatic carbocycles. The maximum atomic E-state index is 11.8. The van der Waals surface area contributed by atoms with Crippen molar-refractivity contribution >= 4 is 21.9 Å². The molecule has 0 aliphatic heterocycles. The van der Waals surface area contributed by atoms with Crippen LogP contribution in [0.2, 0.25) is 0 Å². The highest BCUT2D eigenvalue weighted by Gasteiger charge is 2.32. The number of alkyl halides is 3. The largest absolute Gasteiger partial charge is 0.573 e. The minimum Gasteiger partial charge on any atom is -0.476 e. The Hall–Kier alpha value is -1.31. The van der Waals surface area contributed by atoms with Crippen LogP contribution in [0.15, 0.2) is 16.7 Å². The zero-order valence-corrected chi connectivity index (χ0v) is 8.46. The van der Waals surface area contributed by atoms with E-state index < -0.39 is 23.8 Å². The summed E-state index contributed by atoms with van der Waals surface area (Å²) in [6, 6.07) is 0.907. The van der Waals surface area contributed by atoms with E-state index in [2.05, 4.69) is 25.7 Å². The Kier molecular flexibility index (Phi) is 3.18. The van der Waals surface area contributed by atoms with Crippen LogP contribution in [0, 0.1) is 0 Å². The van der Waals surface area contributed by atoms with E-state index in [1.54, 1.807) is 0 Å². The molecular formula is C7H3BrF3NO3. The van der Waals surface area contributed by atoms with Gasteiger partial charge in [-0.25, -0.2) is 9.78 Å². The van der Waals surface area contributed by atoms with Gasteiger partial charge in [-0.15, -0.1) is 13.2 Å². The molecule has 0 aliphatic carbocycles. The molecule has 0 saturated carbocycles. The SMILES string of the molecule is O=C(O)c1nccc(OC(F)(F)F)c1Br.